The maximum absolute atomic E-state index is 6.47. The third-order valence-corrected chi connectivity index (χ3v) is 12.6. The normalized spacial score (nSPS) is 36.2. The summed E-state index contributed by atoms with van der Waals surface area (Å²) in [4.78, 5) is 0. The molecule has 0 bridgehead atoms. The summed E-state index contributed by atoms with van der Waals surface area (Å²) in [6, 6.07) is 0. The van der Waals surface area contributed by atoms with Crippen LogP contribution in [0, 0.1) is 46.3 Å². The zero-order valence-electron chi connectivity index (χ0n) is 27.0. The molecule has 0 radical (unpaired) electrons. The van der Waals surface area contributed by atoms with Crippen molar-refractivity contribution < 1.29 is 4.74 Å². The maximum Gasteiger partial charge on any atom is 0.108 e. The van der Waals surface area contributed by atoms with Crippen molar-refractivity contribution in [1.29, 1.82) is 0 Å². The van der Waals surface area contributed by atoms with Gasteiger partial charge in [0.1, 0.15) is 5.69 Å². The molecule has 40 heavy (non-hydrogen) atoms. The van der Waals surface area contributed by atoms with E-state index in [2.05, 4.69) is 64.1 Å². The molecule has 0 aliphatic heterocycles. The Labute approximate surface area is 246 Å². The molecule has 3 fully saturated rings. The van der Waals surface area contributed by atoms with Crippen molar-refractivity contribution in [2.24, 2.45) is 46.3 Å². The van der Waals surface area contributed by atoms with E-state index in [1.54, 1.807) is 5.57 Å². The van der Waals surface area contributed by atoms with Gasteiger partial charge in [0, 0.05) is 6.54 Å². The van der Waals surface area contributed by atoms with Crippen molar-refractivity contribution in [2.45, 2.75) is 157 Å². The van der Waals surface area contributed by atoms with Crippen LogP contribution in [-0.2, 0) is 17.9 Å². The van der Waals surface area contributed by atoms with Gasteiger partial charge >= 0.3 is 0 Å². The molecule has 1 aromatic heterocycles. The van der Waals surface area contributed by atoms with Gasteiger partial charge in [0.15, 0.2) is 0 Å². The van der Waals surface area contributed by atoms with Crippen molar-refractivity contribution in [3.63, 3.8) is 0 Å². The summed E-state index contributed by atoms with van der Waals surface area (Å²) in [5.41, 5.74) is 3.69. The van der Waals surface area contributed by atoms with Crippen LogP contribution in [0.15, 0.2) is 17.8 Å². The standard InChI is InChI=1S/C36H61N3O/c1-7-8-9-10-22-39-24-29(37-38-39)25-40-30-18-20-35(5)28(23-30)14-15-31-33-17-16-32(27(4)13-11-12-26(2)3)36(33,6)21-19-34(31)35/h14,24,26-27,30-34H,7-13,15-23,25H2,1-6H3/t27-,30+,31+,32-,33+,34+,35+,36-/m1/s1. The number of unbranched alkanes of at least 4 members (excludes halogenated alkanes) is 3. The second-order valence-electron chi connectivity index (χ2n) is 15.5. The fourth-order valence-electron chi connectivity index (χ4n) is 10.2. The van der Waals surface area contributed by atoms with Gasteiger partial charge in [0.05, 0.1) is 18.9 Å². The molecule has 0 saturated heterocycles. The highest BCUT2D eigenvalue weighted by Gasteiger charge is 2.59. The third-order valence-electron chi connectivity index (χ3n) is 12.6. The Bertz CT molecular complexity index is 982. The highest BCUT2D eigenvalue weighted by Crippen LogP contribution is 2.67. The summed E-state index contributed by atoms with van der Waals surface area (Å²) in [6.07, 6.45) is 25.3. The van der Waals surface area contributed by atoms with E-state index in [4.69, 9.17) is 4.74 Å². The zero-order chi connectivity index (χ0) is 28.3. The summed E-state index contributed by atoms with van der Waals surface area (Å²) < 4.78 is 8.48. The minimum absolute atomic E-state index is 0.335. The van der Waals surface area contributed by atoms with E-state index in [1.807, 2.05) is 4.68 Å². The summed E-state index contributed by atoms with van der Waals surface area (Å²) >= 11 is 0. The average Bonchev–Trinajstić information content (AvgIpc) is 3.53. The molecule has 4 nitrogen and oxygen atoms in total. The lowest BCUT2D eigenvalue weighted by Gasteiger charge is -2.58. The molecule has 5 rings (SSSR count). The fourth-order valence-corrected chi connectivity index (χ4v) is 10.2. The van der Waals surface area contributed by atoms with Crippen LogP contribution in [0.25, 0.3) is 0 Å². The summed E-state index contributed by atoms with van der Waals surface area (Å²) in [6.45, 7) is 16.6. The number of rotatable bonds is 13. The van der Waals surface area contributed by atoms with E-state index in [0.717, 1.165) is 54.2 Å². The minimum atomic E-state index is 0.335. The van der Waals surface area contributed by atoms with Gasteiger partial charge in [-0.3, -0.25) is 4.68 Å². The van der Waals surface area contributed by atoms with Crippen molar-refractivity contribution >= 4 is 0 Å². The Kier molecular flexibility index (Phi) is 9.85. The van der Waals surface area contributed by atoms with Crippen LogP contribution in [0.5, 0.6) is 0 Å². The number of hydrogen-bond donors (Lipinski definition) is 0. The third kappa shape index (κ3) is 6.28. The van der Waals surface area contributed by atoms with Gasteiger partial charge in [-0.2, -0.15) is 0 Å². The van der Waals surface area contributed by atoms with E-state index in [-0.39, 0.29) is 0 Å². The highest BCUT2D eigenvalue weighted by molar-refractivity contribution is 5.25. The van der Waals surface area contributed by atoms with Crippen LogP contribution in [-0.4, -0.2) is 21.1 Å². The van der Waals surface area contributed by atoms with Crippen molar-refractivity contribution in [3.8, 4) is 0 Å². The van der Waals surface area contributed by atoms with Crippen molar-refractivity contribution in [3.05, 3.63) is 23.5 Å². The zero-order valence-corrected chi connectivity index (χ0v) is 27.0. The Morgan fingerprint density at radius 2 is 1.82 bits per heavy atom. The second-order valence-corrected chi connectivity index (χ2v) is 15.5. The molecular formula is C36H61N3O. The molecule has 4 heteroatoms. The van der Waals surface area contributed by atoms with Gasteiger partial charge < -0.3 is 4.74 Å². The number of allylic oxidation sites excluding steroid dienone is 1. The SMILES string of the molecule is CCCCCCn1cc(CO[C@H]2CC[C@@]3(C)C(=CC[C@H]4[C@@H]5CC[C@H]([C@H](C)CCCC(C)C)[C@@]5(C)CC[C@@H]43)C2)nn1. The van der Waals surface area contributed by atoms with Crippen LogP contribution in [0.2, 0.25) is 0 Å². The Balaban J connectivity index is 1.16. The van der Waals surface area contributed by atoms with Crippen LogP contribution >= 0.6 is 0 Å². The molecule has 8 atom stereocenters. The van der Waals surface area contributed by atoms with Gasteiger partial charge in [0.2, 0.25) is 0 Å². The van der Waals surface area contributed by atoms with Crippen molar-refractivity contribution in [2.75, 3.05) is 0 Å². The van der Waals surface area contributed by atoms with Gasteiger partial charge in [-0.15, -0.1) is 5.10 Å². The smallest absolute Gasteiger partial charge is 0.108 e. The lowest BCUT2D eigenvalue weighted by Crippen LogP contribution is -2.51. The number of aryl methyl sites for hydroxylation is 1. The lowest BCUT2D eigenvalue weighted by atomic mass is 9.47. The molecule has 0 N–H and O–H groups in total. The number of hydrogen-bond acceptors (Lipinski definition) is 3. The quantitative estimate of drug-likeness (QED) is 0.181. The number of ether oxygens (including phenoxy) is 1. The first-order valence-corrected chi connectivity index (χ1v) is 17.4. The molecule has 4 aliphatic rings. The molecule has 1 heterocycles. The molecule has 0 unspecified atom stereocenters. The first kappa shape index (κ1) is 30.3. The predicted molar refractivity (Wildman–Crippen MR) is 166 cm³/mol. The van der Waals surface area contributed by atoms with Gasteiger partial charge in [-0.25, -0.2) is 0 Å². The first-order chi connectivity index (χ1) is 19.2. The fraction of sp³-hybridized carbons (Fsp3) is 0.889. The number of fused-ring (bicyclic) bond motifs is 5. The molecular weight excluding hydrogens is 490 g/mol. The monoisotopic (exact) mass is 551 g/mol. The minimum Gasteiger partial charge on any atom is -0.371 e. The van der Waals surface area contributed by atoms with E-state index in [0.29, 0.717) is 23.5 Å². The van der Waals surface area contributed by atoms with E-state index >= 15 is 0 Å². The molecule has 4 aliphatic carbocycles. The highest BCUT2D eigenvalue weighted by atomic mass is 16.5. The molecule has 1 aromatic rings. The van der Waals surface area contributed by atoms with Gasteiger partial charge in [0.25, 0.3) is 0 Å². The Hall–Kier alpha value is -1.16. The number of nitrogens with zero attached hydrogens (tertiary/aromatic N) is 3. The summed E-state index contributed by atoms with van der Waals surface area (Å²) in [7, 11) is 0. The first-order valence-electron chi connectivity index (χ1n) is 17.4. The van der Waals surface area contributed by atoms with Crippen LogP contribution in [0.3, 0.4) is 0 Å². The second kappa shape index (κ2) is 13.0. The lowest BCUT2D eigenvalue weighted by molar-refractivity contribution is -0.0658. The molecule has 3 saturated carbocycles. The largest absolute Gasteiger partial charge is 0.371 e. The Morgan fingerprint density at radius 1 is 0.975 bits per heavy atom. The van der Waals surface area contributed by atoms with Gasteiger partial charge in [-0.05, 0) is 104 Å². The average molecular weight is 552 g/mol. The predicted octanol–water partition coefficient (Wildman–Crippen LogP) is 9.78. The van der Waals surface area contributed by atoms with E-state index in [9.17, 15) is 0 Å². The molecule has 226 valence electrons. The summed E-state index contributed by atoms with van der Waals surface area (Å²) in [5, 5.41) is 8.75. The van der Waals surface area contributed by atoms with Crippen molar-refractivity contribution in [1.82, 2.24) is 15.0 Å². The maximum atomic E-state index is 6.47. The van der Waals surface area contributed by atoms with Crippen LogP contribution < -0.4 is 0 Å². The molecule has 0 spiro atoms. The van der Waals surface area contributed by atoms with Gasteiger partial charge in [-0.1, -0.05) is 96.9 Å². The van der Waals surface area contributed by atoms with Crippen LogP contribution in [0.1, 0.15) is 144 Å². The summed E-state index contributed by atoms with van der Waals surface area (Å²) in [5.74, 6) is 5.42. The number of aromatic nitrogens is 3. The molecule has 0 amide bonds. The van der Waals surface area contributed by atoms with E-state index < -0.39 is 0 Å². The van der Waals surface area contributed by atoms with E-state index in [1.165, 1.54) is 89.9 Å². The topological polar surface area (TPSA) is 39.9 Å². The van der Waals surface area contributed by atoms with Crippen LogP contribution in [0.4, 0.5) is 0 Å². The molecule has 0 aromatic carbocycles. The Morgan fingerprint density at radius 3 is 2.62 bits per heavy atom.